The first-order valence-electron chi connectivity index (χ1n) is 12.4. The molecule has 0 radical (unpaired) electrons. The van der Waals surface area contributed by atoms with Crippen LogP contribution in [0.3, 0.4) is 0 Å². The summed E-state index contributed by atoms with van der Waals surface area (Å²) in [6.07, 6.45) is 2.24. The van der Waals surface area contributed by atoms with Crippen LogP contribution in [-0.4, -0.2) is 28.9 Å². The minimum Gasteiger partial charge on any atom is -0.481 e. The molecule has 37 heavy (non-hydrogen) atoms. The van der Waals surface area contributed by atoms with Gasteiger partial charge in [-0.2, -0.15) is 0 Å². The second-order valence-electron chi connectivity index (χ2n) is 10.1. The van der Waals surface area contributed by atoms with Crippen LogP contribution in [0.25, 0.3) is 11.3 Å². The first-order chi connectivity index (χ1) is 17.7. The molecule has 0 unspecified atom stereocenters. The van der Waals surface area contributed by atoms with E-state index in [0.29, 0.717) is 34.3 Å². The zero-order chi connectivity index (χ0) is 26.2. The first kappa shape index (κ1) is 25.3. The lowest BCUT2D eigenvalue weighted by Gasteiger charge is -2.53. The number of nitrogens with one attached hydrogen (secondary N) is 1. The molecule has 2 N–H and O–H groups in total. The number of halogens is 1. The van der Waals surface area contributed by atoms with Crippen LogP contribution in [0.2, 0.25) is 5.02 Å². The van der Waals surface area contributed by atoms with Gasteiger partial charge in [-0.3, -0.25) is 10.1 Å². The normalized spacial score (nSPS) is 23.4. The summed E-state index contributed by atoms with van der Waals surface area (Å²) in [6.45, 7) is 3.96. The van der Waals surface area contributed by atoms with E-state index in [9.17, 15) is 14.7 Å². The van der Waals surface area contributed by atoms with Crippen molar-refractivity contribution in [1.82, 2.24) is 5.16 Å². The monoisotopic (exact) mass is 524 g/mol. The van der Waals surface area contributed by atoms with Gasteiger partial charge in [0.25, 0.3) is 0 Å². The van der Waals surface area contributed by atoms with Gasteiger partial charge in [0, 0.05) is 21.6 Å². The number of rotatable bonds is 7. The predicted octanol–water partition coefficient (Wildman–Crippen LogP) is 6.87. The van der Waals surface area contributed by atoms with Crippen molar-refractivity contribution < 1.29 is 28.7 Å². The minimum atomic E-state index is -0.767. The average molecular weight is 525 g/mol. The van der Waals surface area contributed by atoms with E-state index in [1.54, 1.807) is 19.9 Å². The number of amides is 1. The van der Waals surface area contributed by atoms with Crippen LogP contribution in [0.5, 0.6) is 0 Å². The molecule has 9 heteroatoms. The van der Waals surface area contributed by atoms with Gasteiger partial charge in [-0.1, -0.05) is 59.2 Å². The summed E-state index contributed by atoms with van der Waals surface area (Å²) in [5.74, 6) is -0.339. The summed E-state index contributed by atoms with van der Waals surface area (Å²) < 4.78 is 17.4. The third-order valence-corrected chi connectivity index (χ3v) is 8.03. The maximum Gasteiger partial charge on any atom is 0.412 e. The second-order valence-corrected chi connectivity index (χ2v) is 10.5. The summed E-state index contributed by atoms with van der Waals surface area (Å²) in [4.78, 5) is 24.0. The number of carboxylic acid groups (broad SMARTS) is 1. The summed E-state index contributed by atoms with van der Waals surface area (Å²) in [5, 5.41) is 16.6. The lowest BCUT2D eigenvalue weighted by molar-refractivity contribution is -0.195. The Hall–Kier alpha value is -3.36. The summed E-state index contributed by atoms with van der Waals surface area (Å²) in [5.41, 5.74) is 2.84. The number of nitrogens with zero attached hydrogens (tertiary/aromatic N) is 1. The van der Waals surface area contributed by atoms with Crippen molar-refractivity contribution in [2.75, 3.05) is 11.9 Å². The van der Waals surface area contributed by atoms with Gasteiger partial charge in [0.05, 0.1) is 18.6 Å². The third kappa shape index (κ3) is 4.95. The summed E-state index contributed by atoms with van der Waals surface area (Å²) >= 11 is 6.22. The molecule has 1 saturated carbocycles. The van der Waals surface area contributed by atoms with Crippen molar-refractivity contribution in [2.45, 2.75) is 57.7 Å². The second kappa shape index (κ2) is 9.84. The average Bonchev–Trinajstić information content (AvgIpc) is 3.24. The SMILES string of the molecule is Cc1noc(-c2ccc(C34CCC(CC(=O)O)(CC3)CO4)cc2)c1NC(=O)O[C@H](C)c1ccccc1Cl. The molecule has 1 atom stereocenters. The first-order valence-corrected chi connectivity index (χ1v) is 12.7. The molecule has 1 aromatic heterocycles. The van der Waals surface area contributed by atoms with Gasteiger partial charge in [-0.05, 0) is 51.2 Å². The Morgan fingerprint density at radius 1 is 1.14 bits per heavy atom. The lowest BCUT2D eigenvalue weighted by Crippen LogP contribution is -2.50. The maximum atomic E-state index is 12.7. The van der Waals surface area contributed by atoms with Crippen molar-refractivity contribution in [3.63, 3.8) is 0 Å². The minimum absolute atomic E-state index is 0.155. The van der Waals surface area contributed by atoms with Gasteiger partial charge < -0.3 is 19.1 Å². The molecular weight excluding hydrogens is 496 g/mol. The highest BCUT2D eigenvalue weighted by atomic mass is 35.5. The molecular formula is C28H29ClN2O6. The van der Waals surface area contributed by atoms with Crippen LogP contribution in [0.4, 0.5) is 10.5 Å². The smallest absolute Gasteiger partial charge is 0.412 e. The standard InChI is InChI=1S/C28H29ClN2O6/c1-17-24(30-26(34)36-18(2)21-5-3-4-6-22(21)29)25(37-31-17)19-7-9-20(10-8-19)28-13-11-27(12-14-28,16-35-28)15-23(32)33/h3-10,18H,11-16H2,1-2H3,(H,30,34)(H,32,33)/t18-,27?,28?/m1/s1. The number of aromatic nitrogens is 1. The fraction of sp³-hybridized carbons (Fsp3) is 0.393. The van der Waals surface area contributed by atoms with Crippen LogP contribution in [0.15, 0.2) is 53.1 Å². The van der Waals surface area contributed by atoms with E-state index in [-0.39, 0.29) is 11.8 Å². The van der Waals surface area contributed by atoms with E-state index >= 15 is 0 Å². The molecule has 1 aliphatic carbocycles. The Labute approximate surface area is 219 Å². The molecule has 6 rings (SSSR count). The number of benzene rings is 2. The zero-order valence-corrected chi connectivity index (χ0v) is 21.5. The van der Waals surface area contributed by atoms with E-state index < -0.39 is 23.8 Å². The molecule has 3 aliphatic rings. The number of aliphatic carboxylic acids is 1. The van der Waals surface area contributed by atoms with E-state index in [0.717, 1.165) is 36.8 Å². The van der Waals surface area contributed by atoms with Crippen molar-refractivity contribution in [1.29, 1.82) is 0 Å². The topological polar surface area (TPSA) is 111 Å². The molecule has 2 bridgehead atoms. The Bertz CT molecular complexity index is 1290. The van der Waals surface area contributed by atoms with Crippen LogP contribution in [-0.2, 0) is 19.9 Å². The fourth-order valence-corrected chi connectivity index (χ4v) is 5.77. The van der Waals surface area contributed by atoms with Crippen molar-refractivity contribution >= 4 is 29.4 Å². The van der Waals surface area contributed by atoms with Gasteiger partial charge >= 0.3 is 12.1 Å². The molecule has 1 amide bonds. The predicted molar refractivity (Wildman–Crippen MR) is 137 cm³/mol. The number of fused-ring (bicyclic) bond motifs is 3. The van der Waals surface area contributed by atoms with Crippen LogP contribution < -0.4 is 5.32 Å². The number of carbonyl (C=O) groups excluding carboxylic acids is 1. The van der Waals surface area contributed by atoms with Crippen LogP contribution >= 0.6 is 11.6 Å². The molecule has 2 saturated heterocycles. The molecule has 8 nitrogen and oxygen atoms in total. The van der Waals surface area contributed by atoms with E-state index in [1.807, 2.05) is 42.5 Å². The van der Waals surface area contributed by atoms with E-state index in [1.165, 1.54) is 0 Å². The van der Waals surface area contributed by atoms with E-state index in [2.05, 4.69) is 10.5 Å². The van der Waals surface area contributed by atoms with Gasteiger partial charge in [-0.25, -0.2) is 4.79 Å². The van der Waals surface area contributed by atoms with Crippen molar-refractivity contribution in [3.05, 3.63) is 70.4 Å². The van der Waals surface area contributed by atoms with Crippen molar-refractivity contribution in [3.8, 4) is 11.3 Å². The number of anilines is 1. The highest BCUT2D eigenvalue weighted by Crippen LogP contribution is 2.55. The zero-order valence-electron chi connectivity index (χ0n) is 20.8. The Morgan fingerprint density at radius 3 is 2.46 bits per heavy atom. The van der Waals surface area contributed by atoms with Gasteiger partial charge in [0.15, 0.2) is 5.76 Å². The van der Waals surface area contributed by atoms with Gasteiger partial charge in [0.1, 0.15) is 17.5 Å². The third-order valence-electron chi connectivity index (χ3n) is 7.69. The Balaban J connectivity index is 1.29. The lowest BCUT2D eigenvalue weighted by atomic mass is 9.63. The largest absolute Gasteiger partial charge is 0.481 e. The van der Waals surface area contributed by atoms with E-state index in [4.69, 9.17) is 25.6 Å². The molecule has 0 spiro atoms. The molecule has 3 aromatic rings. The molecule has 2 aliphatic heterocycles. The van der Waals surface area contributed by atoms with Gasteiger partial charge in [-0.15, -0.1) is 0 Å². The number of carbonyl (C=O) groups is 2. The molecule has 194 valence electrons. The number of hydrogen-bond acceptors (Lipinski definition) is 6. The fourth-order valence-electron chi connectivity index (χ4n) is 5.48. The summed E-state index contributed by atoms with van der Waals surface area (Å²) in [7, 11) is 0. The number of carboxylic acids is 1. The van der Waals surface area contributed by atoms with Crippen LogP contribution in [0, 0.1) is 12.3 Å². The Morgan fingerprint density at radius 2 is 1.84 bits per heavy atom. The molecule has 2 aromatic carbocycles. The molecule has 3 fully saturated rings. The molecule has 3 heterocycles. The Kier molecular flexibility index (Phi) is 6.72. The van der Waals surface area contributed by atoms with Crippen LogP contribution in [0.1, 0.15) is 62.0 Å². The highest BCUT2D eigenvalue weighted by Gasteiger charge is 2.51. The van der Waals surface area contributed by atoms with Crippen molar-refractivity contribution in [2.24, 2.45) is 5.41 Å². The quantitative estimate of drug-likeness (QED) is 0.346. The summed E-state index contributed by atoms with van der Waals surface area (Å²) in [6, 6.07) is 15.1. The number of ether oxygens (including phenoxy) is 2. The number of aryl methyl sites for hydroxylation is 1. The number of hydrogen-bond donors (Lipinski definition) is 2. The van der Waals surface area contributed by atoms with Gasteiger partial charge in [0.2, 0.25) is 0 Å². The maximum absolute atomic E-state index is 12.7. The highest BCUT2D eigenvalue weighted by molar-refractivity contribution is 6.31.